The third kappa shape index (κ3) is 4.44. The average Bonchev–Trinajstić information content (AvgIpc) is 3.69. The topological polar surface area (TPSA) is 78.7 Å². The standard InChI is InChI=1S/C29H40N4O3/c1-2-32-25-17-21(19-8-9-19)16-24(20-6-4-3-5-7-20)27(25)30-28(32)29(36)31-14-15-33(26(35)18-31)22-10-12-23(34)13-11-22/h16-17,19-20,22-23,34H,2-15,18H2,1H3. The van der Waals surface area contributed by atoms with Crippen LogP contribution in [0.4, 0.5) is 0 Å². The SMILES string of the molecule is CCn1c(C(=O)N2CCN(C3CCC(O)CC3)C(=O)C2)nc2c(C3CCCCC3)cc(C3CC3)cc21. The third-order valence-electron chi connectivity index (χ3n) is 9.16. The highest BCUT2D eigenvalue weighted by atomic mass is 16.3. The molecular weight excluding hydrogens is 452 g/mol. The van der Waals surface area contributed by atoms with Gasteiger partial charge in [0.1, 0.15) is 6.54 Å². The Morgan fingerprint density at radius 1 is 0.972 bits per heavy atom. The van der Waals surface area contributed by atoms with Crippen LogP contribution in [0.15, 0.2) is 12.1 Å². The number of hydrogen-bond donors (Lipinski definition) is 1. The van der Waals surface area contributed by atoms with Gasteiger partial charge in [0.2, 0.25) is 5.91 Å². The predicted molar refractivity (Wildman–Crippen MR) is 139 cm³/mol. The van der Waals surface area contributed by atoms with Crippen molar-refractivity contribution in [2.75, 3.05) is 19.6 Å². The van der Waals surface area contributed by atoms with Crippen LogP contribution < -0.4 is 0 Å². The van der Waals surface area contributed by atoms with Gasteiger partial charge in [-0.15, -0.1) is 0 Å². The first-order chi connectivity index (χ1) is 17.5. The fourth-order valence-corrected chi connectivity index (χ4v) is 6.89. The molecule has 0 unspecified atom stereocenters. The minimum Gasteiger partial charge on any atom is -0.393 e. The molecule has 1 aliphatic heterocycles. The Labute approximate surface area is 213 Å². The zero-order valence-corrected chi connectivity index (χ0v) is 21.6. The summed E-state index contributed by atoms with van der Waals surface area (Å²) in [6.07, 6.45) is 11.8. The van der Waals surface area contributed by atoms with E-state index in [0.29, 0.717) is 37.3 Å². The fraction of sp³-hybridized carbons (Fsp3) is 0.690. The minimum absolute atomic E-state index is 0.0223. The highest BCUT2D eigenvalue weighted by Crippen LogP contribution is 2.44. The van der Waals surface area contributed by atoms with Crippen molar-refractivity contribution in [1.29, 1.82) is 0 Å². The Morgan fingerprint density at radius 2 is 1.72 bits per heavy atom. The van der Waals surface area contributed by atoms with Crippen molar-refractivity contribution in [1.82, 2.24) is 19.4 Å². The van der Waals surface area contributed by atoms with Crippen LogP contribution in [0.1, 0.15) is 111 Å². The van der Waals surface area contributed by atoms with Gasteiger partial charge in [0.05, 0.1) is 17.1 Å². The second kappa shape index (κ2) is 9.81. The highest BCUT2D eigenvalue weighted by molar-refractivity contribution is 5.98. The zero-order chi connectivity index (χ0) is 24.8. The van der Waals surface area contributed by atoms with Gasteiger partial charge in [0, 0.05) is 25.7 Å². The van der Waals surface area contributed by atoms with Crippen LogP contribution >= 0.6 is 0 Å². The molecule has 2 heterocycles. The van der Waals surface area contributed by atoms with Crippen LogP contribution in [0, 0.1) is 0 Å². The molecule has 1 aromatic heterocycles. The van der Waals surface area contributed by atoms with Gasteiger partial charge >= 0.3 is 0 Å². The molecule has 3 aliphatic carbocycles. The molecule has 194 valence electrons. The maximum atomic E-state index is 13.8. The Kier molecular flexibility index (Phi) is 6.53. The molecule has 2 amide bonds. The number of aliphatic hydroxyl groups is 1. The number of carbonyl (C=O) groups excluding carboxylic acids is 2. The summed E-state index contributed by atoms with van der Waals surface area (Å²) in [5, 5.41) is 9.83. The van der Waals surface area contributed by atoms with E-state index in [9.17, 15) is 14.7 Å². The molecule has 0 atom stereocenters. The summed E-state index contributed by atoms with van der Waals surface area (Å²) < 4.78 is 2.09. The van der Waals surface area contributed by atoms with Crippen molar-refractivity contribution in [3.63, 3.8) is 0 Å². The number of imidazole rings is 1. The Balaban J connectivity index is 1.28. The lowest BCUT2D eigenvalue weighted by Crippen LogP contribution is -2.56. The lowest BCUT2D eigenvalue weighted by Gasteiger charge is -2.41. The molecule has 2 aromatic rings. The number of aryl methyl sites for hydroxylation is 1. The third-order valence-corrected chi connectivity index (χ3v) is 9.16. The Bertz CT molecular complexity index is 1140. The first kappa shape index (κ1) is 24.0. The van der Waals surface area contributed by atoms with Crippen molar-refractivity contribution in [3.05, 3.63) is 29.1 Å². The number of benzene rings is 1. The number of hydrogen-bond acceptors (Lipinski definition) is 4. The molecule has 0 radical (unpaired) electrons. The summed E-state index contributed by atoms with van der Waals surface area (Å²) in [5.74, 6) is 1.57. The van der Waals surface area contributed by atoms with E-state index in [4.69, 9.17) is 4.98 Å². The highest BCUT2D eigenvalue weighted by Gasteiger charge is 2.36. The Morgan fingerprint density at radius 3 is 2.39 bits per heavy atom. The molecule has 36 heavy (non-hydrogen) atoms. The number of nitrogens with zero attached hydrogens (tertiary/aromatic N) is 4. The van der Waals surface area contributed by atoms with Crippen LogP contribution in [0.25, 0.3) is 11.0 Å². The minimum atomic E-state index is -0.236. The van der Waals surface area contributed by atoms with E-state index in [1.165, 1.54) is 56.1 Å². The Hall–Kier alpha value is -2.41. The van der Waals surface area contributed by atoms with E-state index in [1.807, 2.05) is 4.90 Å². The molecule has 4 fully saturated rings. The van der Waals surface area contributed by atoms with E-state index in [2.05, 4.69) is 23.6 Å². The van der Waals surface area contributed by atoms with Gasteiger partial charge in [-0.1, -0.05) is 25.3 Å². The smallest absolute Gasteiger partial charge is 0.290 e. The van der Waals surface area contributed by atoms with Gasteiger partial charge in [0.25, 0.3) is 5.91 Å². The summed E-state index contributed by atoms with van der Waals surface area (Å²) in [7, 11) is 0. The summed E-state index contributed by atoms with van der Waals surface area (Å²) in [6, 6.07) is 4.88. The number of carbonyl (C=O) groups is 2. The molecule has 7 nitrogen and oxygen atoms in total. The molecule has 1 N–H and O–H groups in total. The van der Waals surface area contributed by atoms with Crippen LogP contribution in [-0.2, 0) is 11.3 Å². The first-order valence-electron chi connectivity index (χ1n) is 14.3. The maximum absolute atomic E-state index is 13.8. The van der Waals surface area contributed by atoms with Crippen LogP contribution in [-0.4, -0.2) is 68.1 Å². The van der Waals surface area contributed by atoms with Crippen molar-refractivity contribution in [3.8, 4) is 0 Å². The van der Waals surface area contributed by atoms with Gasteiger partial charge in [-0.25, -0.2) is 4.98 Å². The summed E-state index contributed by atoms with van der Waals surface area (Å²) in [4.78, 5) is 35.5. The van der Waals surface area contributed by atoms with E-state index in [-0.39, 0.29) is 30.5 Å². The molecule has 0 spiro atoms. The number of rotatable bonds is 5. The van der Waals surface area contributed by atoms with E-state index in [0.717, 1.165) is 36.7 Å². The molecule has 6 rings (SSSR count). The molecule has 3 saturated carbocycles. The van der Waals surface area contributed by atoms with Gasteiger partial charge in [-0.2, -0.15) is 0 Å². The van der Waals surface area contributed by atoms with E-state index >= 15 is 0 Å². The largest absolute Gasteiger partial charge is 0.393 e. The maximum Gasteiger partial charge on any atom is 0.290 e. The number of amides is 2. The molecule has 1 saturated heterocycles. The zero-order valence-electron chi connectivity index (χ0n) is 21.6. The second-order valence-corrected chi connectivity index (χ2v) is 11.5. The van der Waals surface area contributed by atoms with Gasteiger partial charge in [-0.3, -0.25) is 9.59 Å². The number of piperazine rings is 1. The van der Waals surface area contributed by atoms with Crippen molar-refractivity contribution in [2.24, 2.45) is 0 Å². The lowest BCUT2D eigenvalue weighted by molar-refractivity contribution is -0.138. The second-order valence-electron chi connectivity index (χ2n) is 11.5. The number of aromatic nitrogens is 2. The quantitative estimate of drug-likeness (QED) is 0.663. The van der Waals surface area contributed by atoms with Crippen molar-refractivity contribution >= 4 is 22.8 Å². The van der Waals surface area contributed by atoms with Crippen LogP contribution in [0.5, 0.6) is 0 Å². The monoisotopic (exact) mass is 492 g/mol. The lowest BCUT2D eigenvalue weighted by atomic mass is 9.82. The number of fused-ring (bicyclic) bond motifs is 1. The fourth-order valence-electron chi connectivity index (χ4n) is 6.89. The summed E-state index contributed by atoms with van der Waals surface area (Å²) >= 11 is 0. The van der Waals surface area contributed by atoms with E-state index in [1.54, 1.807) is 4.90 Å². The van der Waals surface area contributed by atoms with Crippen LogP contribution in [0.2, 0.25) is 0 Å². The average molecular weight is 493 g/mol. The van der Waals surface area contributed by atoms with Crippen molar-refractivity contribution < 1.29 is 14.7 Å². The number of aliphatic hydroxyl groups excluding tert-OH is 1. The molecular formula is C29H40N4O3. The first-order valence-corrected chi connectivity index (χ1v) is 14.3. The molecule has 0 bridgehead atoms. The van der Waals surface area contributed by atoms with Crippen LogP contribution in [0.3, 0.4) is 0 Å². The van der Waals surface area contributed by atoms with E-state index < -0.39 is 0 Å². The van der Waals surface area contributed by atoms with Gasteiger partial charge in [-0.05, 0) is 87.3 Å². The molecule has 1 aromatic carbocycles. The van der Waals surface area contributed by atoms with Gasteiger partial charge < -0.3 is 19.5 Å². The summed E-state index contributed by atoms with van der Waals surface area (Å²) in [5.41, 5.74) is 4.85. The van der Waals surface area contributed by atoms with Crippen molar-refractivity contribution in [2.45, 2.75) is 108 Å². The summed E-state index contributed by atoms with van der Waals surface area (Å²) in [6.45, 7) is 4.00. The molecule has 7 heteroatoms. The molecule has 4 aliphatic rings. The van der Waals surface area contributed by atoms with Gasteiger partial charge in [0.15, 0.2) is 5.82 Å². The predicted octanol–water partition coefficient (Wildman–Crippen LogP) is 4.57. The normalized spacial score (nSPS) is 26.1.